The van der Waals surface area contributed by atoms with Crippen LogP contribution in [-0.2, 0) is 26.5 Å². The summed E-state index contributed by atoms with van der Waals surface area (Å²) in [5.41, 5.74) is 3.37. The largest absolute Gasteiger partial charge is 2.00 e. The number of aromatic nitrogens is 1. The summed E-state index contributed by atoms with van der Waals surface area (Å²) in [5.74, 6) is -1.34. The van der Waals surface area contributed by atoms with E-state index in [1.165, 1.54) is 0 Å². The fourth-order valence-corrected chi connectivity index (χ4v) is 3.67. The first kappa shape index (κ1) is 23.2. The Morgan fingerprint density at radius 3 is 2.45 bits per heavy atom. The van der Waals surface area contributed by atoms with Gasteiger partial charge in [0.1, 0.15) is 0 Å². The van der Waals surface area contributed by atoms with Gasteiger partial charge < -0.3 is 9.98 Å². The summed E-state index contributed by atoms with van der Waals surface area (Å²) >= 11 is 0. The summed E-state index contributed by atoms with van der Waals surface area (Å²) in [6, 6.07) is 21.1. The van der Waals surface area contributed by atoms with Gasteiger partial charge >= 0.3 is 21.1 Å². The van der Waals surface area contributed by atoms with Crippen LogP contribution in [0.3, 0.4) is 0 Å². The molecule has 0 saturated carbocycles. The molecule has 0 unspecified atom stereocenters. The van der Waals surface area contributed by atoms with Crippen LogP contribution < -0.4 is 0 Å². The van der Waals surface area contributed by atoms with Gasteiger partial charge in [-0.25, -0.2) is 0 Å². The Morgan fingerprint density at radius 1 is 1.00 bits per heavy atom. The summed E-state index contributed by atoms with van der Waals surface area (Å²) in [4.78, 5) is 9.65. The Kier molecular flexibility index (Phi) is 6.43. The summed E-state index contributed by atoms with van der Waals surface area (Å²) < 4.78 is 27.5. The molecule has 0 N–H and O–H groups in total. The molecular formula is C26H22F2N2Pt. The third kappa shape index (κ3) is 4.45. The molecule has 2 aromatic carbocycles. The molecule has 160 valence electrons. The van der Waals surface area contributed by atoms with Crippen molar-refractivity contribution in [2.45, 2.75) is 33.1 Å². The topological polar surface area (TPSA) is 25.2 Å². The van der Waals surface area contributed by atoms with Crippen molar-refractivity contribution in [3.8, 4) is 11.3 Å². The van der Waals surface area contributed by atoms with Crippen LogP contribution in [0.5, 0.6) is 0 Å². The van der Waals surface area contributed by atoms with Gasteiger partial charge in [-0.05, 0) is 36.7 Å². The first-order valence-electron chi connectivity index (χ1n) is 9.83. The van der Waals surface area contributed by atoms with Gasteiger partial charge in [0.2, 0.25) is 0 Å². The van der Waals surface area contributed by atoms with Gasteiger partial charge in [-0.1, -0.05) is 43.7 Å². The number of benzene rings is 2. The molecule has 0 saturated heterocycles. The summed E-state index contributed by atoms with van der Waals surface area (Å²) in [5, 5.41) is 0. The SMILES string of the molecule is CC1(C)C=C(C(C)(C)c2cccc(-c3[c-]cc(F)cc3F)n2)N=C1c1[c-]cccc1.[Pt+2]. The van der Waals surface area contributed by atoms with Crippen molar-refractivity contribution in [3.63, 3.8) is 0 Å². The van der Waals surface area contributed by atoms with Crippen LogP contribution in [0.25, 0.3) is 11.3 Å². The van der Waals surface area contributed by atoms with E-state index in [2.05, 4.69) is 37.0 Å². The first-order valence-corrected chi connectivity index (χ1v) is 9.83. The van der Waals surface area contributed by atoms with Crippen molar-refractivity contribution in [2.75, 3.05) is 0 Å². The van der Waals surface area contributed by atoms with Crippen LogP contribution in [0.4, 0.5) is 8.78 Å². The van der Waals surface area contributed by atoms with Crippen LogP contribution >= 0.6 is 0 Å². The van der Waals surface area contributed by atoms with Crippen molar-refractivity contribution in [1.29, 1.82) is 0 Å². The average molecular weight is 596 g/mol. The molecule has 5 heteroatoms. The molecule has 4 rings (SSSR count). The Balaban J connectivity index is 0.00000272. The molecule has 0 atom stereocenters. The molecule has 2 nitrogen and oxygen atoms in total. The van der Waals surface area contributed by atoms with E-state index in [9.17, 15) is 8.78 Å². The quantitative estimate of drug-likeness (QED) is 0.325. The van der Waals surface area contributed by atoms with Crippen molar-refractivity contribution >= 4 is 5.71 Å². The van der Waals surface area contributed by atoms with Crippen LogP contribution in [0.1, 0.15) is 39.0 Å². The van der Waals surface area contributed by atoms with E-state index in [4.69, 9.17) is 4.99 Å². The Morgan fingerprint density at radius 2 is 1.77 bits per heavy atom. The fourth-order valence-electron chi connectivity index (χ4n) is 3.67. The molecule has 3 aromatic rings. The molecule has 0 bridgehead atoms. The molecule has 0 aliphatic carbocycles. The molecule has 0 fully saturated rings. The summed E-state index contributed by atoms with van der Waals surface area (Å²) in [7, 11) is 0. The monoisotopic (exact) mass is 595 g/mol. The van der Waals surface area contributed by atoms with E-state index in [-0.39, 0.29) is 32.0 Å². The molecule has 0 spiro atoms. The van der Waals surface area contributed by atoms with Crippen LogP contribution in [0.15, 0.2) is 71.4 Å². The van der Waals surface area contributed by atoms with Crippen LogP contribution in [0.2, 0.25) is 0 Å². The van der Waals surface area contributed by atoms with Crippen molar-refractivity contribution in [1.82, 2.24) is 4.98 Å². The maximum Gasteiger partial charge on any atom is 2.00 e. The van der Waals surface area contributed by atoms with E-state index >= 15 is 0 Å². The summed E-state index contributed by atoms with van der Waals surface area (Å²) in [6.45, 7) is 8.35. The van der Waals surface area contributed by atoms with Gasteiger partial charge in [0.25, 0.3) is 0 Å². The molecule has 1 aliphatic heterocycles. The smallest absolute Gasteiger partial charge is 0.304 e. The minimum atomic E-state index is -0.682. The zero-order valence-corrected chi connectivity index (χ0v) is 20.0. The zero-order chi connectivity index (χ0) is 21.5. The maximum absolute atomic E-state index is 14.3. The number of aliphatic imine (C=N–C) groups is 1. The Labute approximate surface area is 196 Å². The standard InChI is InChI=1S/C26H22F2N2.Pt/c1-25(2)16-23(30-24(25)17-9-6-5-7-10-17)26(3,4)22-12-8-11-21(29-22)19-14-13-18(27)15-20(19)28;/h5-9,11-13,15-16H,1-4H3;/q-2;+2. The van der Waals surface area contributed by atoms with E-state index in [0.717, 1.165) is 34.8 Å². The van der Waals surface area contributed by atoms with E-state index in [1.807, 2.05) is 50.2 Å². The number of pyridine rings is 1. The van der Waals surface area contributed by atoms with Gasteiger partial charge in [0.15, 0.2) is 0 Å². The van der Waals surface area contributed by atoms with Crippen LogP contribution in [-0.4, -0.2) is 10.7 Å². The third-order valence-corrected chi connectivity index (χ3v) is 5.45. The normalized spacial score (nSPS) is 15.2. The average Bonchev–Trinajstić information content (AvgIpc) is 3.05. The van der Waals surface area contributed by atoms with E-state index in [1.54, 1.807) is 6.07 Å². The van der Waals surface area contributed by atoms with Crippen molar-refractivity contribution in [2.24, 2.45) is 10.4 Å². The zero-order valence-electron chi connectivity index (χ0n) is 17.7. The minimum Gasteiger partial charge on any atom is -0.304 e. The second-order valence-electron chi connectivity index (χ2n) is 8.56. The third-order valence-electron chi connectivity index (χ3n) is 5.45. The summed E-state index contributed by atoms with van der Waals surface area (Å²) in [6.07, 6.45) is 2.15. The number of nitrogens with zero attached hydrogens (tertiary/aromatic N) is 2. The molecule has 0 radical (unpaired) electrons. The number of hydrogen-bond donors (Lipinski definition) is 0. The second-order valence-corrected chi connectivity index (χ2v) is 8.56. The molecule has 0 amide bonds. The van der Waals surface area contributed by atoms with Gasteiger partial charge in [-0.2, -0.15) is 0 Å². The second kappa shape index (κ2) is 8.59. The number of hydrogen-bond acceptors (Lipinski definition) is 2. The Hall–Kier alpha value is -2.45. The van der Waals surface area contributed by atoms with E-state index in [0.29, 0.717) is 5.69 Å². The first-order chi connectivity index (χ1) is 14.2. The molecule has 1 aliphatic rings. The number of halogens is 2. The van der Waals surface area contributed by atoms with E-state index < -0.39 is 17.0 Å². The van der Waals surface area contributed by atoms with Gasteiger partial charge in [-0.15, -0.1) is 48.0 Å². The minimum absolute atomic E-state index is 0. The fraction of sp³-hybridized carbons (Fsp3) is 0.231. The van der Waals surface area contributed by atoms with Crippen LogP contribution in [0, 0.1) is 29.2 Å². The molecule has 1 aromatic heterocycles. The molecular weight excluding hydrogens is 573 g/mol. The van der Waals surface area contributed by atoms with Gasteiger partial charge in [0, 0.05) is 28.4 Å². The predicted molar refractivity (Wildman–Crippen MR) is 115 cm³/mol. The van der Waals surface area contributed by atoms with Gasteiger partial charge in [-0.3, -0.25) is 8.78 Å². The predicted octanol–water partition coefficient (Wildman–Crippen LogP) is 6.32. The number of rotatable bonds is 4. The molecule has 31 heavy (non-hydrogen) atoms. The molecule has 2 heterocycles. The van der Waals surface area contributed by atoms with Gasteiger partial charge in [0.05, 0.1) is 0 Å². The number of allylic oxidation sites excluding steroid dienone is 2. The Bertz CT molecular complexity index is 1170. The maximum atomic E-state index is 14.3. The van der Waals surface area contributed by atoms with Crippen molar-refractivity contribution in [3.05, 3.63) is 101 Å². The van der Waals surface area contributed by atoms with Crippen molar-refractivity contribution < 1.29 is 29.8 Å².